The third kappa shape index (κ3) is 4.06. The molecule has 0 aliphatic carbocycles. The number of aromatic nitrogens is 1. The SMILES string of the molecule is COc1ccnc(C(=O)NC(C)CC(O)c2ccco2)c1. The lowest BCUT2D eigenvalue weighted by Crippen LogP contribution is -2.34. The Bertz CT molecular complexity index is 583. The van der Waals surface area contributed by atoms with Gasteiger partial charge in [-0.2, -0.15) is 0 Å². The Labute approximate surface area is 122 Å². The summed E-state index contributed by atoms with van der Waals surface area (Å²) < 4.78 is 10.2. The van der Waals surface area contributed by atoms with Crippen LogP contribution in [0.25, 0.3) is 0 Å². The Morgan fingerprint density at radius 1 is 1.52 bits per heavy atom. The van der Waals surface area contributed by atoms with E-state index in [2.05, 4.69) is 10.3 Å². The smallest absolute Gasteiger partial charge is 0.270 e. The number of hydrogen-bond acceptors (Lipinski definition) is 5. The van der Waals surface area contributed by atoms with Crippen molar-refractivity contribution >= 4 is 5.91 Å². The zero-order valence-corrected chi connectivity index (χ0v) is 11.9. The van der Waals surface area contributed by atoms with E-state index in [9.17, 15) is 9.90 Å². The van der Waals surface area contributed by atoms with Crippen molar-refractivity contribution in [2.45, 2.75) is 25.5 Å². The standard InChI is InChI=1S/C15H18N2O4/c1-10(8-13(18)14-4-3-7-21-14)17-15(19)12-9-11(20-2)5-6-16-12/h3-7,9-10,13,18H,8H2,1-2H3,(H,17,19). The minimum Gasteiger partial charge on any atom is -0.497 e. The second-order valence-electron chi connectivity index (χ2n) is 4.72. The molecule has 2 aromatic rings. The molecule has 2 aromatic heterocycles. The van der Waals surface area contributed by atoms with Gasteiger partial charge in [-0.3, -0.25) is 9.78 Å². The molecule has 2 unspecified atom stereocenters. The molecular weight excluding hydrogens is 272 g/mol. The van der Waals surface area contributed by atoms with Gasteiger partial charge in [0, 0.05) is 24.7 Å². The molecule has 0 aliphatic heterocycles. The molecular formula is C15H18N2O4. The van der Waals surface area contributed by atoms with Gasteiger partial charge in [-0.05, 0) is 25.1 Å². The molecule has 0 aliphatic rings. The van der Waals surface area contributed by atoms with Crippen LogP contribution in [0.1, 0.15) is 35.7 Å². The molecule has 0 saturated carbocycles. The minimum absolute atomic E-state index is 0.231. The Hall–Kier alpha value is -2.34. The van der Waals surface area contributed by atoms with E-state index in [1.165, 1.54) is 19.6 Å². The van der Waals surface area contributed by atoms with Crippen molar-refractivity contribution in [3.8, 4) is 5.75 Å². The number of nitrogens with one attached hydrogen (secondary N) is 1. The Balaban J connectivity index is 1.92. The summed E-state index contributed by atoms with van der Waals surface area (Å²) >= 11 is 0. The van der Waals surface area contributed by atoms with E-state index >= 15 is 0 Å². The average Bonchev–Trinajstić information content (AvgIpc) is 3.01. The molecule has 1 amide bonds. The predicted octanol–water partition coefficient (Wildman–Crippen LogP) is 1.93. The Kier molecular flexibility index (Phi) is 4.94. The number of methoxy groups -OCH3 is 1. The third-order valence-electron chi connectivity index (χ3n) is 3.03. The van der Waals surface area contributed by atoms with Crippen LogP contribution in [0.5, 0.6) is 5.75 Å². The molecule has 2 rings (SSSR count). The monoisotopic (exact) mass is 290 g/mol. The summed E-state index contributed by atoms with van der Waals surface area (Å²) in [4.78, 5) is 16.1. The Morgan fingerprint density at radius 3 is 3.00 bits per heavy atom. The predicted molar refractivity (Wildman–Crippen MR) is 76.0 cm³/mol. The molecule has 2 atom stereocenters. The highest BCUT2D eigenvalue weighted by Crippen LogP contribution is 2.18. The number of amides is 1. The number of furan rings is 1. The van der Waals surface area contributed by atoms with Gasteiger partial charge in [0.15, 0.2) is 0 Å². The zero-order chi connectivity index (χ0) is 15.2. The summed E-state index contributed by atoms with van der Waals surface area (Å²) in [6.45, 7) is 1.81. The molecule has 0 spiro atoms. The quantitative estimate of drug-likeness (QED) is 0.849. The normalized spacial score (nSPS) is 13.5. The molecule has 2 N–H and O–H groups in total. The third-order valence-corrected chi connectivity index (χ3v) is 3.03. The van der Waals surface area contributed by atoms with Gasteiger partial charge in [-0.1, -0.05) is 0 Å². The van der Waals surface area contributed by atoms with Crippen LogP contribution < -0.4 is 10.1 Å². The van der Waals surface area contributed by atoms with Gasteiger partial charge in [-0.25, -0.2) is 0 Å². The topological polar surface area (TPSA) is 84.6 Å². The van der Waals surface area contributed by atoms with Crippen molar-refractivity contribution in [2.75, 3.05) is 7.11 Å². The maximum Gasteiger partial charge on any atom is 0.270 e. The molecule has 0 saturated heterocycles. The van der Waals surface area contributed by atoms with Crippen molar-refractivity contribution in [3.05, 3.63) is 48.2 Å². The van der Waals surface area contributed by atoms with Crippen molar-refractivity contribution in [1.82, 2.24) is 10.3 Å². The zero-order valence-electron chi connectivity index (χ0n) is 11.9. The van der Waals surface area contributed by atoms with Crippen LogP contribution in [0.2, 0.25) is 0 Å². The van der Waals surface area contributed by atoms with Crippen LogP contribution in [0.3, 0.4) is 0 Å². The highest BCUT2D eigenvalue weighted by atomic mass is 16.5. The highest BCUT2D eigenvalue weighted by molar-refractivity contribution is 5.92. The fraction of sp³-hybridized carbons (Fsp3) is 0.333. The van der Waals surface area contributed by atoms with Crippen molar-refractivity contribution in [3.63, 3.8) is 0 Å². The van der Waals surface area contributed by atoms with E-state index in [1.807, 2.05) is 6.92 Å². The van der Waals surface area contributed by atoms with Gasteiger partial charge in [0.2, 0.25) is 0 Å². The van der Waals surface area contributed by atoms with Crippen molar-refractivity contribution in [2.24, 2.45) is 0 Å². The van der Waals surface area contributed by atoms with E-state index in [4.69, 9.17) is 9.15 Å². The van der Waals surface area contributed by atoms with Crippen LogP contribution in [0.15, 0.2) is 41.1 Å². The first kappa shape index (κ1) is 15.1. The van der Waals surface area contributed by atoms with Gasteiger partial charge in [-0.15, -0.1) is 0 Å². The van der Waals surface area contributed by atoms with Gasteiger partial charge in [0.05, 0.1) is 13.4 Å². The Morgan fingerprint density at radius 2 is 2.33 bits per heavy atom. The molecule has 2 heterocycles. The van der Waals surface area contributed by atoms with E-state index < -0.39 is 6.10 Å². The molecule has 0 bridgehead atoms. The second kappa shape index (κ2) is 6.90. The van der Waals surface area contributed by atoms with E-state index in [1.54, 1.807) is 24.3 Å². The first-order chi connectivity index (χ1) is 10.1. The number of hydrogen-bond donors (Lipinski definition) is 2. The molecule has 0 fully saturated rings. The van der Waals surface area contributed by atoms with Crippen LogP contribution in [-0.2, 0) is 0 Å². The minimum atomic E-state index is -0.756. The fourth-order valence-electron chi connectivity index (χ4n) is 1.95. The van der Waals surface area contributed by atoms with E-state index in [0.717, 1.165) is 0 Å². The highest BCUT2D eigenvalue weighted by Gasteiger charge is 2.17. The molecule has 0 radical (unpaired) electrons. The second-order valence-corrected chi connectivity index (χ2v) is 4.72. The van der Waals surface area contributed by atoms with Crippen LogP contribution in [0.4, 0.5) is 0 Å². The number of nitrogens with zero attached hydrogens (tertiary/aromatic N) is 1. The van der Waals surface area contributed by atoms with Gasteiger partial charge in [0.25, 0.3) is 5.91 Å². The number of pyridine rings is 1. The number of ether oxygens (including phenoxy) is 1. The summed E-state index contributed by atoms with van der Waals surface area (Å²) in [5.41, 5.74) is 0.272. The maximum absolute atomic E-state index is 12.1. The summed E-state index contributed by atoms with van der Waals surface area (Å²) in [6, 6.07) is 6.40. The summed E-state index contributed by atoms with van der Waals surface area (Å²) in [5, 5.41) is 12.7. The van der Waals surface area contributed by atoms with Crippen LogP contribution in [-0.4, -0.2) is 29.1 Å². The molecule has 6 nitrogen and oxygen atoms in total. The summed E-state index contributed by atoms with van der Waals surface area (Å²) in [5.74, 6) is 0.738. The number of aliphatic hydroxyl groups excluding tert-OH is 1. The maximum atomic E-state index is 12.1. The van der Waals surface area contributed by atoms with E-state index in [0.29, 0.717) is 17.9 Å². The lowest BCUT2D eigenvalue weighted by molar-refractivity contribution is 0.0898. The first-order valence-corrected chi connectivity index (χ1v) is 6.62. The van der Waals surface area contributed by atoms with Gasteiger partial charge < -0.3 is 19.6 Å². The number of carbonyl (C=O) groups is 1. The van der Waals surface area contributed by atoms with Crippen molar-refractivity contribution < 1.29 is 19.1 Å². The van der Waals surface area contributed by atoms with Gasteiger partial charge >= 0.3 is 0 Å². The van der Waals surface area contributed by atoms with Gasteiger partial charge in [0.1, 0.15) is 23.3 Å². The van der Waals surface area contributed by atoms with Crippen LogP contribution >= 0.6 is 0 Å². The summed E-state index contributed by atoms with van der Waals surface area (Å²) in [7, 11) is 1.53. The largest absolute Gasteiger partial charge is 0.497 e. The molecule has 21 heavy (non-hydrogen) atoms. The molecule has 6 heteroatoms. The van der Waals surface area contributed by atoms with Crippen LogP contribution in [0, 0.1) is 0 Å². The lowest BCUT2D eigenvalue weighted by Gasteiger charge is -2.16. The number of aliphatic hydroxyl groups is 1. The number of rotatable bonds is 6. The molecule has 112 valence electrons. The summed E-state index contributed by atoms with van der Waals surface area (Å²) in [6.07, 6.45) is 2.61. The van der Waals surface area contributed by atoms with E-state index in [-0.39, 0.29) is 17.6 Å². The average molecular weight is 290 g/mol. The first-order valence-electron chi connectivity index (χ1n) is 6.62. The lowest BCUT2D eigenvalue weighted by atomic mass is 10.1. The van der Waals surface area contributed by atoms with Crippen molar-refractivity contribution in [1.29, 1.82) is 0 Å². The molecule has 0 aromatic carbocycles. The number of carbonyl (C=O) groups excluding carboxylic acids is 1. The fourth-order valence-corrected chi connectivity index (χ4v) is 1.95.